The first-order valence-electron chi connectivity index (χ1n) is 11.2. The molecule has 184 valence electrons. The van der Waals surface area contributed by atoms with E-state index in [0.717, 1.165) is 9.87 Å². The molecule has 0 unspecified atom stereocenters. The molecule has 0 fully saturated rings. The lowest BCUT2D eigenvalue weighted by molar-refractivity contribution is -0.140. The zero-order valence-corrected chi connectivity index (χ0v) is 21.2. The van der Waals surface area contributed by atoms with E-state index in [4.69, 9.17) is 11.6 Å². The van der Waals surface area contributed by atoms with Crippen molar-refractivity contribution in [3.05, 3.63) is 95.5 Å². The third kappa shape index (κ3) is 6.41. The lowest BCUT2D eigenvalue weighted by Gasteiger charge is -2.33. The van der Waals surface area contributed by atoms with Crippen molar-refractivity contribution in [2.75, 3.05) is 17.9 Å². The van der Waals surface area contributed by atoms with Gasteiger partial charge in [0.05, 0.1) is 10.6 Å². The number of anilines is 1. The topological polar surface area (TPSA) is 86.8 Å². The first-order valence-corrected chi connectivity index (χ1v) is 13.0. The largest absolute Gasteiger partial charge is 0.357 e. The van der Waals surface area contributed by atoms with Crippen LogP contribution in [0.1, 0.15) is 18.9 Å². The number of rotatable bonds is 10. The molecule has 0 bridgehead atoms. The lowest BCUT2D eigenvalue weighted by atomic mass is 10.1. The van der Waals surface area contributed by atoms with Crippen molar-refractivity contribution in [2.45, 2.75) is 30.8 Å². The van der Waals surface area contributed by atoms with E-state index in [2.05, 4.69) is 5.32 Å². The Morgan fingerprint density at radius 3 is 2.03 bits per heavy atom. The van der Waals surface area contributed by atoms with Gasteiger partial charge in [0, 0.05) is 18.6 Å². The average molecular weight is 514 g/mol. The van der Waals surface area contributed by atoms with Gasteiger partial charge in [-0.3, -0.25) is 13.9 Å². The minimum atomic E-state index is -4.10. The summed E-state index contributed by atoms with van der Waals surface area (Å²) in [5.41, 5.74) is 1.17. The molecule has 0 heterocycles. The van der Waals surface area contributed by atoms with Crippen LogP contribution < -0.4 is 9.62 Å². The van der Waals surface area contributed by atoms with Gasteiger partial charge in [-0.15, -0.1) is 0 Å². The molecule has 0 aromatic heterocycles. The van der Waals surface area contributed by atoms with Crippen molar-refractivity contribution in [3.63, 3.8) is 0 Å². The molecule has 0 saturated heterocycles. The predicted molar refractivity (Wildman–Crippen MR) is 138 cm³/mol. The van der Waals surface area contributed by atoms with Gasteiger partial charge in [0.2, 0.25) is 11.8 Å². The molecule has 2 amide bonds. The Morgan fingerprint density at radius 2 is 1.49 bits per heavy atom. The van der Waals surface area contributed by atoms with E-state index in [1.165, 1.54) is 36.2 Å². The number of nitrogens with one attached hydrogen (secondary N) is 1. The summed E-state index contributed by atoms with van der Waals surface area (Å²) in [5.74, 6) is -0.811. The maximum Gasteiger partial charge on any atom is 0.264 e. The fraction of sp³-hybridized carbons (Fsp3) is 0.231. The second-order valence-corrected chi connectivity index (χ2v) is 10.1. The highest BCUT2D eigenvalue weighted by atomic mass is 35.5. The molecule has 3 aromatic carbocycles. The number of carbonyl (C=O) groups excluding carboxylic acids is 2. The Morgan fingerprint density at radius 1 is 0.914 bits per heavy atom. The Labute approximate surface area is 211 Å². The average Bonchev–Trinajstić information content (AvgIpc) is 2.88. The molecule has 1 N–H and O–H groups in total. The van der Waals surface area contributed by atoms with Crippen LogP contribution in [0.25, 0.3) is 0 Å². The number of sulfonamides is 1. The summed E-state index contributed by atoms with van der Waals surface area (Å²) in [6.45, 7) is 1.50. The number of hydrogen-bond donors (Lipinski definition) is 1. The highest BCUT2D eigenvalue weighted by Gasteiger charge is 2.33. The van der Waals surface area contributed by atoms with Gasteiger partial charge in [-0.2, -0.15) is 0 Å². The summed E-state index contributed by atoms with van der Waals surface area (Å²) < 4.78 is 28.3. The van der Waals surface area contributed by atoms with Crippen LogP contribution in [0, 0.1) is 0 Å². The second-order valence-electron chi connectivity index (χ2n) is 7.85. The molecular weight excluding hydrogens is 486 g/mol. The Balaban J connectivity index is 2.02. The predicted octanol–water partition coefficient (Wildman–Crippen LogP) is 4.09. The molecule has 3 rings (SSSR count). The van der Waals surface area contributed by atoms with Crippen molar-refractivity contribution in [1.29, 1.82) is 0 Å². The normalized spacial score (nSPS) is 12.0. The molecule has 35 heavy (non-hydrogen) atoms. The molecule has 0 aliphatic rings. The number of amides is 2. The van der Waals surface area contributed by atoms with E-state index >= 15 is 0 Å². The van der Waals surface area contributed by atoms with Crippen LogP contribution in [0.15, 0.2) is 89.8 Å². The standard InChI is InChI=1S/C26H28ClN3O4S/c1-3-24(26(32)28-2)29(18-20-10-6-4-7-11-20)25(31)19-30(22-12-8-5-9-13-22)35(33,34)23-16-14-21(27)15-17-23/h4-17,24H,3,18-19H2,1-2H3,(H,28,32)/t24-/m1/s1. The van der Waals surface area contributed by atoms with Gasteiger partial charge >= 0.3 is 0 Å². The summed E-state index contributed by atoms with van der Waals surface area (Å²) in [6, 6.07) is 22.7. The number of para-hydroxylation sites is 1. The summed E-state index contributed by atoms with van der Waals surface area (Å²) in [7, 11) is -2.59. The van der Waals surface area contributed by atoms with Crippen molar-refractivity contribution in [3.8, 4) is 0 Å². The molecule has 3 aromatic rings. The number of carbonyl (C=O) groups is 2. The van der Waals surface area contributed by atoms with Gasteiger partial charge in [0.15, 0.2) is 0 Å². The number of benzene rings is 3. The van der Waals surface area contributed by atoms with Crippen LogP contribution in [0.2, 0.25) is 5.02 Å². The van der Waals surface area contributed by atoms with Crippen molar-refractivity contribution < 1.29 is 18.0 Å². The number of likely N-dealkylation sites (N-methyl/N-ethyl adjacent to an activating group) is 1. The molecule has 7 nitrogen and oxygen atoms in total. The monoisotopic (exact) mass is 513 g/mol. The highest BCUT2D eigenvalue weighted by molar-refractivity contribution is 7.92. The fourth-order valence-corrected chi connectivity index (χ4v) is 5.26. The molecule has 0 saturated carbocycles. The molecule has 9 heteroatoms. The third-order valence-corrected chi connectivity index (χ3v) is 7.59. The minimum Gasteiger partial charge on any atom is -0.357 e. The van der Waals surface area contributed by atoms with Crippen LogP contribution in [0.4, 0.5) is 5.69 Å². The van der Waals surface area contributed by atoms with E-state index in [9.17, 15) is 18.0 Å². The maximum atomic E-state index is 13.7. The molecule has 0 aliphatic carbocycles. The Kier molecular flexibility index (Phi) is 8.89. The van der Waals surface area contributed by atoms with Crippen LogP contribution in [-0.4, -0.2) is 44.8 Å². The molecule has 0 radical (unpaired) electrons. The lowest BCUT2D eigenvalue weighted by Crippen LogP contribution is -2.51. The Hall–Kier alpha value is -3.36. The van der Waals surface area contributed by atoms with E-state index in [1.807, 2.05) is 37.3 Å². The quantitative estimate of drug-likeness (QED) is 0.442. The zero-order valence-electron chi connectivity index (χ0n) is 19.6. The maximum absolute atomic E-state index is 13.7. The summed E-state index contributed by atoms with van der Waals surface area (Å²) in [5, 5.41) is 3.01. The van der Waals surface area contributed by atoms with Crippen molar-refractivity contribution in [1.82, 2.24) is 10.2 Å². The number of nitrogens with zero attached hydrogens (tertiary/aromatic N) is 2. The third-order valence-electron chi connectivity index (χ3n) is 5.55. The van der Waals surface area contributed by atoms with E-state index < -0.39 is 28.5 Å². The van der Waals surface area contributed by atoms with E-state index in [-0.39, 0.29) is 17.3 Å². The summed E-state index contributed by atoms with van der Waals surface area (Å²) in [6.07, 6.45) is 0.369. The van der Waals surface area contributed by atoms with Crippen molar-refractivity contribution >= 4 is 39.1 Å². The Bertz CT molecular complexity index is 1240. The van der Waals surface area contributed by atoms with E-state index in [0.29, 0.717) is 17.1 Å². The van der Waals surface area contributed by atoms with E-state index in [1.54, 1.807) is 30.3 Å². The van der Waals surface area contributed by atoms with Gasteiger partial charge in [-0.25, -0.2) is 8.42 Å². The second kappa shape index (κ2) is 11.9. The van der Waals surface area contributed by atoms with Gasteiger partial charge in [-0.05, 0) is 48.4 Å². The first-order chi connectivity index (χ1) is 16.8. The van der Waals surface area contributed by atoms with Gasteiger partial charge < -0.3 is 10.2 Å². The fourth-order valence-electron chi connectivity index (χ4n) is 3.72. The minimum absolute atomic E-state index is 0.00602. The number of hydrogen-bond acceptors (Lipinski definition) is 4. The summed E-state index contributed by atoms with van der Waals surface area (Å²) >= 11 is 5.95. The molecule has 0 spiro atoms. The molecule has 1 atom stereocenters. The summed E-state index contributed by atoms with van der Waals surface area (Å²) in [4.78, 5) is 27.8. The van der Waals surface area contributed by atoms with Crippen LogP contribution in [0.3, 0.4) is 0 Å². The number of halogens is 1. The van der Waals surface area contributed by atoms with Crippen LogP contribution >= 0.6 is 11.6 Å². The van der Waals surface area contributed by atoms with Gasteiger partial charge in [0.1, 0.15) is 12.6 Å². The van der Waals surface area contributed by atoms with Gasteiger partial charge in [0.25, 0.3) is 10.0 Å². The smallest absolute Gasteiger partial charge is 0.264 e. The van der Waals surface area contributed by atoms with Crippen molar-refractivity contribution in [2.24, 2.45) is 0 Å². The molecular formula is C26H28ClN3O4S. The zero-order chi connectivity index (χ0) is 25.4. The first kappa shape index (κ1) is 26.2. The molecule has 0 aliphatic heterocycles. The SMILES string of the molecule is CC[C@H](C(=O)NC)N(Cc1ccccc1)C(=O)CN(c1ccccc1)S(=O)(=O)c1ccc(Cl)cc1. The van der Waals surface area contributed by atoms with Crippen LogP contribution in [-0.2, 0) is 26.2 Å². The van der Waals surface area contributed by atoms with Crippen LogP contribution in [0.5, 0.6) is 0 Å². The highest BCUT2D eigenvalue weighted by Crippen LogP contribution is 2.25. The van der Waals surface area contributed by atoms with Gasteiger partial charge in [-0.1, -0.05) is 67.1 Å².